The molecule has 0 aliphatic heterocycles. The second-order valence-electron chi connectivity index (χ2n) is 5.09. The predicted octanol–water partition coefficient (Wildman–Crippen LogP) is 2.47. The molecule has 3 aromatic rings. The van der Waals surface area contributed by atoms with Crippen LogP contribution in [0, 0.1) is 0 Å². The molecule has 2 heterocycles. The molecule has 0 unspecified atom stereocenters. The van der Waals surface area contributed by atoms with Gasteiger partial charge in [-0.05, 0) is 12.1 Å². The second-order valence-corrected chi connectivity index (χ2v) is 5.50. The summed E-state index contributed by atoms with van der Waals surface area (Å²) in [6.07, 6.45) is 4.23. The van der Waals surface area contributed by atoms with Crippen molar-refractivity contribution >= 4 is 17.5 Å². The average molecular weight is 346 g/mol. The Kier molecular flexibility index (Phi) is 4.90. The summed E-state index contributed by atoms with van der Waals surface area (Å²) in [6.45, 7) is 2.35. The second kappa shape index (κ2) is 7.27. The lowest BCUT2D eigenvalue weighted by molar-refractivity contribution is -0.122. The SMILES string of the molecule is CCc1nccn1CC(=O)NCc1nc(-c2ccccc2Cl)no1. The third-order valence-corrected chi connectivity index (χ3v) is 3.78. The number of nitrogens with zero attached hydrogens (tertiary/aromatic N) is 4. The van der Waals surface area contributed by atoms with E-state index in [1.807, 2.05) is 19.1 Å². The molecule has 1 aromatic carbocycles. The largest absolute Gasteiger partial charge is 0.345 e. The first kappa shape index (κ1) is 16.2. The van der Waals surface area contributed by atoms with Crippen LogP contribution in [0.3, 0.4) is 0 Å². The summed E-state index contributed by atoms with van der Waals surface area (Å²) in [5.74, 6) is 1.43. The molecule has 3 rings (SSSR count). The van der Waals surface area contributed by atoms with Crippen molar-refractivity contribution < 1.29 is 9.32 Å². The zero-order valence-electron chi connectivity index (χ0n) is 13.1. The van der Waals surface area contributed by atoms with E-state index in [-0.39, 0.29) is 19.0 Å². The number of amides is 1. The average Bonchev–Trinajstić information content (AvgIpc) is 3.22. The molecular formula is C16H16ClN5O2. The third-order valence-electron chi connectivity index (χ3n) is 3.45. The smallest absolute Gasteiger partial charge is 0.246 e. The minimum atomic E-state index is -0.153. The summed E-state index contributed by atoms with van der Waals surface area (Å²) in [5.41, 5.74) is 0.687. The highest BCUT2D eigenvalue weighted by Crippen LogP contribution is 2.24. The highest BCUT2D eigenvalue weighted by Gasteiger charge is 2.12. The highest BCUT2D eigenvalue weighted by molar-refractivity contribution is 6.33. The van der Waals surface area contributed by atoms with Gasteiger partial charge in [-0.3, -0.25) is 4.79 Å². The van der Waals surface area contributed by atoms with Gasteiger partial charge in [0.25, 0.3) is 0 Å². The molecule has 0 aliphatic rings. The van der Waals surface area contributed by atoms with Crippen molar-refractivity contribution in [3.63, 3.8) is 0 Å². The molecule has 0 atom stereocenters. The fraction of sp³-hybridized carbons (Fsp3) is 0.250. The molecule has 0 aliphatic carbocycles. The zero-order valence-corrected chi connectivity index (χ0v) is 13.8. The third kappa shape index (κ3) is 3.62. The Morgan fingerprint density at radius 1 is 1.38 bits per heavy atom. The monoisotopic (exact) mass is 345 g/mol. The predicted molar refractivity (Wildman–Crippen MR) is 88.2 cm³/mol. The van der Waals surface area contributed by atoms with Crippen LogP contribution in [0.25, 0.3) is 11.4 Å². The van der Waals surface area contributed by atoms with Gasteiger partial charge in [0.2, 0.25) is 17.6 Å². The molecule has 0 spiro atoms. The van der Waals surface area contributed by atoms with Gasteiger partial charge in [0.15, 0.2) is 0 Å². The quantitative estimate of drug-likeness (QED) is 0.741. The van der Waals surface area contributed by atoms with E-state index in [0.717, 1.165) is 12.2 Å². The van der Waals surface area contributed by atoms with Crippen LogP contribution in [-0.2, 0) is 24.3 Å². The van der Waals surface area contributed by atoms with Gasteiger partial charge < -0.3 is 14.4 Å². The van der Waals surface area contributed by atoms with E-state index in [4.69, 9.17) is 16.1 Å². The normalized spacial score (nSPS) is 10.8. The number of rotatable bonds is 6. The standard InChI is InChI=1S/C16H16ClN5O2/c1-2-13-18-7-8-22(13)10-14(23)19-9-15-20-16(21-24-15)11-5-3-4-6-12(11)17/h3-8H,2,9-10H2,1H3,(H,19,23). The van der Waals surface area contributed by atoms with Gasteiger partial charge in [-0.1, -0.05) is 35.8 Å². The topological polar surface area (TPSA) is 85.8 Å². The summed E-state index contributed by atoms with van der Waals surface area (Å²) in [4.78, 5) is 20.4. The van der Waals surface area contributed by atoms with E-state index < -0.39 is 0 Å². The van der Waals surface area contributed by atoms with Crippen molar-refractivity contribution in [2.24, 2.45) is 0 Å². The van der Waals surface area contributed by atoms with E-state index >= 15 is 0 Å². The van der Waals surface area contributed by atoms with Crippen LogP contribution in [0.15, 0.2) is 41.2 Å². The summed E-state index contributed by atoms with van der Waals surface area (Å²) in [7, 11) is 0. The lowest BCUT2D eigenvalue weighted by atomic mass is 10.2. The number of hydrogen-bond donors (Lipinski definition) is 1. The highest BCUT2D eigenvalue weighted by atomic mass is 35.5. The number of nitrogens with one attached hydrogen (secondary N) is 1. The first-order chi connectivity index (χ1) is 11.7. The van der Waals surface area contributed by atoms with Gasteiger partial charge in [-0.25, -0.2) is 4.98 Å². The minimum absolute atomic E-state index is 0.153. The van der Waals surface area contributed by atoms with Crippen LogP contribution in [0.4, 0.5) is 0 Å². The lowest BCUT2D eigenvalue weighted by Crippen LogP contribution is -2.27. The van der Waals surface area contributed by atoms with Crippen LogP contribution < -0.4 is 5.32 Å². The maximum absolute atomic E-state index is 12.0. The van der Waals surface area contributed by atoms with Crippen molar-refractivity contribution in [2.45, 2.75) is 26.4 Å². The van der Waals surface area contributed by atoms with Crippen molar-refractivity contribution in [2.75, 3.05) is 0 Å². The number of carbonyl (C=O) groups excluding carboxylic acids is 1. The van der Waals surface area contributed by atoms with Crippen molar-refractivity contribution in [3.05, 3.63) is 53.4 Å². The molecule has 0 bridgehead atoms. The number of carbonyl (C=O) groups is 1. The lowest BCUT2D eigenvalue weighted by Gasteiger charge is -2.06. The summed E-state index contributed by atoms with van der Waals surface area (Å²) < 4.78 is 6.95. The first-order valence-electron chi connectivity index (χ1n) is 7.51. The number of benzene rings is 1. The van der Waals surface area contributed by atoms with Crippen molar-refractivity contribution in [3.8, 4) is 11.4 Å². The molecule has 8 heteroatoms. The van der Waals surface area contributed by atoms with Gasteiger partial charge in [0.05, 0.1) is 11.6 Å². The van der Waals surface area contributed by atoms with Crippen LogP contribution in [0.1, 0.15) is 18.6 Å². The summed E-state index contributed by atoms with van der Waals surface area (Å²) in [6, 6.07) is 7.23. The molecule has 0 radical (unpaired) electrons. The fourth-order valence-corrected chi connectivity index (χ4v) is 2.48. The van der Waals surface area contributed by atoms with Crippen LogP contribution in [0.2, 0.25) is 5.02 Å². The molecule has 1 amide bonds. The van der Waals surface area contributed by atoms with Gasteiger partial charge >= 0.3 is 0 Å². The Balaban J connectivity index is 1.59. The van der Waals surface area contributed by atoms with Gasteiger partial charge in [-0.2, -0.15) is 4.98 Å². The van der Waals surface area contributed by atoms with E-state index in [9.17, 15) is 4.79 Å². The zero-order chi connectivity index (χ0) is 16.9. The Morgan fingerprint density at radius 3 is 3.00 bits per heavy atom. The molecular weight excluding hydrogens is 330 g/mol. The van der Waals surface area contributed by atoms with Crippen molar-refractivity contribution in [1.29, 1.82) is 0 Å². The van der Waals surface area contributed by atoms with E-state index in [0.29, 0.717) is 22.3 Å². The van der Waals surface area contributed by atoms with Gasteiger partial charge in [0, 0.05) is 24.4 Å². The molecule has 2 aromatic heterocycles. The first-order valence-corrected chi connectivity index (χ1v) is 7.89. The molecule has 7 nitrogen and oxygen atoms in total. The molecule has 0 saturated heterocycles. The number of aryl methyl sites for hydroxylation is 1. The number of hydrogen-bond acceptors (Lipinski definition) is 5. The molecule has 24 heavy (non-hydrogen) atoms. The number of halogens is 1. The van der Waals surface area contributed by atoms with Crippen LogP contribution in [0.5, 0.6) is 0 Å². The molecule has 0 fully saturated rings. The van der Waals surface area contributed by atoms with Crippen LogP contribution in [-0.4, -0.2) is 25.6 Å². The van der Waals surface area contributed by atoms with Gasteiger partial charge in [-0.15, -0.1) is 0 Å². The summed E-state index contributed by atoms with van der Waals surface area (Å²) in [5, 5.41) is 7.19. The maximum Gasteiger partial charge on any atom is 0.246 e. The Labute approximate surface area is 143 Å². The maximum atomic E-state index is 12.0. The minimum Gasteiger partial charge on any atom is -0.345 e. The summed E-state index contributed by atoms with van der Waals surface area (Å²) >= 11 is 6.10. The van der Waals surface area contributed by atoms with E-state index in [1.165, 1.54) is 0 Å². The van der Waals surface area contributed by atoms with Gasteiger partial charge in [0.1, 0.15) is 12.4 Å². The Morgan fingerprint density at radius 2 is 2.21 bits per heavy atom. The van der Waals surface area contributed by atoms with Crippen LogP contribution >= 0.6 is 11.6 Å². The molecule has 0 saturated carbocycles. The fourth-order valence-electron chi connectivity index (χ4n) is 2.26. The van der Waals surface area contributed by atoms with Crippen molar-refractivity contribution in [1.82, 2.24) is 25.0 Å². The molecule has 1 N–H and O–H groups in total. The number of imidazole rings is 1. The Bertz CT molecular complexity index is 842. The molecule has 124 valence electrons. The Hall–Kier alpha value is -2.67. The van der Waals surface area contributed by atoms with E-state index in [2.05, 4.69) is 20.4 Å². The number of aromatic nitrogens is 4. The van der Waals surface area contributed by atoms with E-state index in [1.54, 1.807) is 29.1 Å².